The van der Waals surface area contributed by atoms with Gasteiger partial charge in [-0.05, 0) is 54.8 Å². The topological polar surface area (TPSA) is 37.4 Å². The first-order valence-corrected chi connectivity index (χ1v) is 10.1. The zero-order chi connectivity index (χ0) is 17.2. The van der Waals surface area contributed by atoms with Crippen molar-refractivity contribution in [1.82, 2.24) is 4.90 Å². The molecular weight excluding hydrogens is 325 g/mol. The van der Waals surface area contributed by atoms with E-state index in [2.05, 4.69) is 4.90 Å². The molecule has 1 heterocycles. The molecule has 0 saturated carbocycles. The van der Waals surface area contributed by atoms with Gasteiger partial charge in [-0.2, -0.15) is 0 Å². The number of hydrogen-bond donors (Lipinski definition) is 0. The number of piperidine rings is 1. The number of rotatable bonds is 4. The molecule has 1 fully saturated rings. The molecule has 3 rings (SSSR count). The molecule has 0 aromatic heterocycles. The van der Waals surface area contributed by atoms with Crippen LogP contribution < -0.4 is 0 Å². The average molecular weight is 347 g/mol. The third kappa shape index (κ3) is 4.02. The Hall–Kier alpha value is -1.72. The fraction of sp³-hybridized carbons (Fsp3) is 0.368. The Kier molecular flexibility index (Phi) is 5.01. The number of nitrogens with zero attached hydrogens (tertiary/aromatic N) is 1. The Morgan fingerprint density at radius 2 is 1.88 bits per heavy atom. The second kappa shape index (κ2) is 7.03. The predicted octanol–water partition coefficient (Wildman–Crippen LogP) is 3.96. The van der Waals surface area contributed by atoms with Crippen molar-refractivity contribution in [3.63, 3.8) is 0 Å². The van der Waals surface area contributed by atoms with Gasteiger partial charge in [0.1, 0.15) is 5.82 Å². The van der Waals surface area contributed by atoms with Gasteiger partial charge >= 0.3 is 0 Å². The average Bonchev–Trinajstić information content (AvgIpc) is 2.55. The summed E-state index contributed by atoms with van der Waals surface area (Å²) in [7, 11) is -3.17. The molecule has 2 aromatic rings. The lowest BCUT2D eigenvalue weighted by molar-refractivity contribution is 0.140. The van der Waals surface area contributed by atoms with Crippen LogP contribution in [0.2, 0.25) is 0 Å². The lowest BCUT2D eigenvalue weighted by Crippen LogP contribution is -2.33. The van der Waals surface area contributed by atoms with E-state index in [1.165, 1.54) is 12.3 Å². The van der Waals surface area contributed by atoms with Crippen molar-refractivity contribution in [2.24, 2.45) is 0 Å². The Balaban J connectivity index is 1.79. The van der Waals surface area contributed by atoms with Crippen LogP contribution in [-0.4, -0.2) is 26.1 Å². The molecule has 0 amide bonds. The molecule has 128 valence electrons. The van der Waals surface area contributed by atoms with Crippen LogP contribution in [0.4, 0.5) is 4.39 Å². The van der Waals surface area contributed by atoms with Crippen molar-refractivity contribution >= 4 is 9.84 Å². The van der Waals surface area contributed by atoms with E-state index in [9.17, 15) is 12.8 Å². The summed E-state index contributed by atoms with van der Waals surface area (Å²) in [6.45, 7) is 1.71. The first-order valence-electron chi connectivity index (χ1n) is 8.22. The highest BCUT2D eigenvalue weighted by molar-refractivity contribution is 7.90. The second-order valence-electron chi connectivity index (χ2n) is 6.45. The van der Waals surface area contributed by atoms with Crippen molar-refractivity contribution in [3.05, 3.63) is 65.5 Å². The van der Waals surface area contributed by atoms with Crippen LogP contribution in [0.3, 0.4) is 0 Å². The van der Waals surface area contributed by atoms with Crippen molar-refractivity contribution < 1.29 is 12.8 Å². The summed E-state index contributed by atoms with van der Waals surface area (Å²) in [6.07, 6.45) is 4.51. The first-order chi connectivity index (χ1) is 11.4. The Morgan fingerprint density at radius 3 is 2.54 bits per heavy atom. The zero-order valence-electron chi connectivity index (χ0n) is 13.8. The van der Waals surface area contributed by atoms with Gasteiger partial charge in [-0.1, -0.05) is 30.7 Å². The highest BCUT2D eigenvalue weighted by Crippen LogP contribution is 2.32. The molecule has 24 heavy (non-hydrogen) atoms. The van der Waals surface area contributed by atoms with Crippen LogP contribution in [0, 0.1) is 5.82 Å². The molecule has 0 aliphatic carbocycles. The fourth-order valence-electron chi connectivity index (χ4n) is 3.35. The lowest BCUT2D eigenvalue weighted by atomic mass is 9.94. The van der Waals surface area contributed by atoms with Crippen molar-refractivity contribution in [3.8, 4) is 0 Å². The molecule has 3 nitrogen and oxygen atoms in total. The van der Waals surface area contributed by atoms with E-state index in [4.69, 9.17) is 0 Å². The fourth-order valence-corrected chi connectivity index (χ4v) is 3.98. The Bertz CT molecular complexity index is 802. The molecule has 0 spiro atoms. The number of benzene rings is 2. The third-order valence-corrected chi connectivity index (χ3v) is 5.71. The number of halogens is 1. The zero-order valence-corrected chi connectivity index (χ0v) is 14.6. The summed E-state index contributed by atoms with van der Waals surface area (Å²) in [5, 5.41) is 0. The van der Waals surface area contributed by atoms with Crippen LogP contribution >= 0.6 is 0 Å². The minimum atomic E-state index is -3.17. The highest BCUT2D eigenvalue weighted by atomic mass is 32.2. The van der Waals surface area contributed by atoms with Gasteiger partial charge in [0, 0.05) is 18.8 Å². The monoisotopic (exact) mass is 347 g/mol. The molecule has 0 N–H and O–H groups in total. The first kappa shape index (κ1) is 17.1. The van der Waals surface area contributed by atoms with Gasteiger partial charge in [-0.25, -0.2) is 12.8 Å². The van der Waals surface area contributed by atoms with Crippen molar-refractivity contribution in [1.29, 1.82) is 0 Å². The summed E-state index contributed by atoms with van der Waals surface area (Å²) in [5.41, 5.74) is 2.09. The van der Waals surface area contributed by atoms with Gasteiger partial charge in [0.2, 0.25) is 0 Å². The summed E-state index contributed by atoms with van der Waals surface area (Å²) in [4.78, 5) is 2.69. The van der Waals surface area contributed by atoms with Crippen LogP contribution in [0.1, 0.15) is 36.4 Å². The Labute approximate surface area is 143 Å². The maximum Gasteiger partial charge on any atom is 0.175 e. The van der Waals surface area contributed by atoms with Crippen molar-refractivity contribution in [2.75, 3.05) is 12.8 Å². The molecule has 5 heteroatoms. The van der Waals surface area contributed by atoms with Crippen LogP contribution in [0.5, 0.6) is 0 Å². The van der Waals surface area contributed by atoms with Crippen LogP contribution in [0.25, 0.3) is 0 Å². The van der Waals surface area contributed by atoms with E-state index >= 15 is 0 Å². The van der Waals surface area contributed by atoms with E-state index in [1.54, 1.807) is 24.3 Å². The molecule has 2 aromatic carbocycles. The van der Waals surface area contributed by atoms with Gasteiger partial charge in [0.05, 0.1) is 4.90 Å². The predicted molar refractivity (Wildman–Crippen MR) is 93.0 cm³/mol. The summed E-state index contributed by atoms with van der Waals surface area (Å²) in [6, 6.07) is 14.1. The lowest BCUT2D eigenvalue weighted by Gasteiger charge is -2.36. The minimum absolute atomic E-state index is 0.199. The largest absolute Gasteiger partial charge is 0.292 e. The van der Waals surface area contributed by atoms with Crippen molar-refractivity contribution in [2.45, 2.75) is 36.7 Å². The molecular formula is C19H22FNO2S. The van der Waals surface area contributed by atoms with E-state index < -0.39 is 9.84 Å². The third-order valence-electron chi connectivity index (χ3n) is 4.58. The Morgan fingerprint density at radius 1 is 1.12 bits per heavy atom. The number of hydrogen-bond acceptors (Lipinski definition) is 3. The molecule has 1 aliphatic heterocycles. The quantitative estimate of drug-likeness (QED) is 0.840. The van der Waals surface area contributed by atoms with Gasteiger partial charge < -0.3 is 0 Å². The highest BCUT2D eigenvalue weighted by Gasteiger charge is 2.24. The van der Waals surface area contributed by atoms with E-state index in [0.29, 0.717) is 4.90 Å². The van der Waals surface area contributed by atoms with Crippen LogP contribution in [-0.2, 0) is 16.4 Å². The molecule has 0 unspecified atom stereocenters. The number of likely N-dealkylation sites (tertiary alicyclic amines) is 1. The van der Waals surface area contributed by atoms with E-state index in [0.717, 1.165) is 43.5 Å². The van der Waals surface area contributed by atoms with E-state index in [1.807, 2.05) is 18.2 Å². The SMILES string of the molecule is CS(=O)(=O)c1ccc(CN2CCCC[C@H]2c2cccc(F)c2)cc1. The summed E-state index contributed by atoms with van der Waals surface area (Å²) in [5.74, 6) is -0.199. The standard InChI is InChI=1S/C19H22FNO2S/c1-24(22,23)18-10-8-15(9-11-18)14-21-12-3-2-7-19(21)16-5-4-6-17(20)13-16/h4-6,8-11,13,19H,2-3,7,12,14H2,1H3/t19-/m0/s1. The van der Waals surface area contributed by atoms with Gasteiger partial charge in [0.15, 0.2) is 9.84 Å². The second-order valence-corrected chi connectivity index (χ2v) is 8.47. The molecule has 1 aliphatic rings. The molecule has 1 atom stereocenters. The maximum absolute atomic E-state index is 13.6. The minimum Gasteiger partial charge on any atom is -0.292 e. The van der Waals surface area contributed by atoms with Gasteiger partial charge in [0.25, 0.3) is 0 Å². The number of sulfone groups is 1. The smallest absolute Gasteiger partial charge is 0.175 e. The van der Waals surface area contributed by atoms with Gasteiger partial charge in [-0.3, -0.25) is 4.90 Å². The molecule has 0 radical (unpaired) electrons. The normalized spacial score (nSPS) is 19.3. The molecule has 0 bridgehead atoms. The molecule has 1 saturated heterocycles. The van der Waals surface area contributed by atoms with Crippen LogP contribution in [0.15, 0.2) is 53.4 Å². The van der Waals surface area contributed by atoms with E-state index in [-0.39, 0.29) is 11.9 Å². The summed E-state index contributed by atoms with van der Waals surface area (Å²) < 4.78 is 36.7. The van der Waals surface area contributed by atoms with Gasteiger partial charge in [-0.15, -0.1) is 0 Å². The maximum atomic E-state index is 13.6. The summed E-state index contributed by atoms with van der Waals surface area (Å²) >= 11 is 0.